The van der Waals surface area contributed by atoms with Crippen LogP contribution in [0, 0.1) is 23.2 Å². The van der Waals surface area contributed by atoms with Crippen molar-refractivity contribution in [3.63, 3.8) is 0 Å². The number of piperidine rings is 1. The van der Waals surface area contributed by atoms with Crippen molar-refractivity contribution in [2.24, 2.45) is 23.2 Å². The van der Waals surface area contributed by atoms with Crippen LogP contribution in [0.25, 0.3) is 0 Å². The first kappa shape index (κ1) is 17.3. The minimum atomic E-state index is 0.462. The summed E-state index contributed by atoms with van der Waals surface area (Å²) < 4.78 is 0. The number of hydrogen-bond donors (Lipinski definition) is 1. The lowest BCUT2D eigenvalue weighted by atomic mass is 9.79. The van der Waals surface area contributed by atoms with E-state index in [1.807, 2.05) is 0 Å². The molecule has 2 rings (SSSR count). The van der Waals surface area contributed by atoms with Gasteiger partial charge in [-0.25, -0.2) is 0 Å². The lowest BCUT2D eigenvalue weighted by molar-refractivity contribution is 0.100. The van der Waals surface area contributed by atoms with E-state index in [0.717, 1.165) is 23.8 Å². The summed E-state index contributed by atoms with van der Waals surface area (Å²) in [5.41, 5.74) is 0.462. The van der Waals surface area contributed by atoms with Crippen molar-refractivity contribution in [2.75, 3.05) is 26.2 Å². The van der Waals surface area contributed by atoms with Gasteiger partial charge in [0.1, 0.15) is 0 Å². The van der Waals surface area contributed by atoms with Gasteiger partial charge in [-0.2, -0.15) is 0 Å². The Hall–Kier alpha value is -0.0800. The Labute approximate surface area is 133 Å². The van der Waals surface area contributed by atoms with Crippen molar-refractivity contribution in [2.45, 2.75) is 72.8 Å². The zero-order valence-corrected chi connectivity index (χ0v) is 15.1. The molecule has 1 N–H and O–H groups in total. The van der Waals surface area contributed by atoms with Crippen LogP contribution in [-0.2, 0) is 0 Å². The Morgan fingerprint density at radius 1 is 1.10 bits per heavy atom. The van der Waals surface area contributed by atoms with E-state index in [1.165, 1.54) is 58.3 Å². The topological polar surface area (TPSA) is 15.3 Å². The lowest BCUT2D eigenvalue weighted by Gasteiger charge is -2.41. The van der Waals surface area contributed by atoms with Crippen LogP contribution in [0.3, 0.4) is 0 Å². The fourth-order valence-corrected chi connectivity index (χ4v) is 4.16. The second kappa shape index (κ2) is 7.46. The number of rotatable bonds is 6. The molecule has 0 radical (unpaired) electrons. The van der Waals surface area contributed by atoms with Crippen molar-refractivity contribution >= 4 is 0 Å². The molecule has 0 spiro atoms. The molecule has 2 fully saturated rings. The van der Waals surface area contributed by atoms with Crippen LogP contribution in [0.15, 0.2) is 0 Å². The van der Waals surface area contributed by atoms with Crippen molar-refractivity contribution < 1.29 is 0 Å². The summed E-state index contributed by atoms with van der Waals surface area (Å²) in [5.74, 6) is 2.63. The molecule has 1 saturated carbocycles. The minimum Gasteiger partial charge on any atom is -0.312 e. The predicted octanol–water partition coefficient (Wildman–Crippen LogP) is 4.16. The number of hydrogen-bond acceptors (Lipinski definition) is 2. The fraction of sp³-hybridized carbons (Fsp3) is 1.00. The summed E-state index contributed by atoms with van der Waals surface area (Å²) in [7, 11) is 0. The lowest BCUT2D eigenvalue weighted by Crippen LogP contribution is -2.51. The first-order valence-corrected chi connectivity index (χ1v) is 9.27. The van der Waals surface area contributed by atoms with Gasteiger partial charge in [-0.15, -0.1) is 0 Å². The smallest absolute Gasteiger partial charge is 0.0198 e. The Kier molecular flexibility index (Phi) is 6.14. The van der Waals surface area contributed by atoms with Gasteiger partial charge < -0.3 is 10.2 Å². The number of likely N-dealkylation sites (tertiary alicyclic amines) is 1. The van der Waals surface area contributed by atoms with Gasteiger partial charge in [0.25, 0.3) is 0 Å². The molecule has 2 heteroatoms. The zero-order valence-electron chi connectivity index (χ0n) is 15.1. The SMILES string of the molecule is CC(C)CN1CC(CC(C)(C)C)CC(NCC2CCC2)C1. The summed E-state index contributed by atoms with van der Waals surface area (Å²) in [4.78, 5) is 2.73. The first-order chi connectivity index (χ1) is 9.82. The molecule has 0 aromatic rings. The molecule has 2 atom stereocenters. The molecule has 2 nitrogen and oxygen atoms in total. The van der Waals surface area contributed by atoms with Gasteiger partial charge in [0.15, 0.2) is 0 Å². The Balaban J connectivity index is 1.85. The van der Waals surface area contributed by atoms with E-state index in [0.29, 0.717) is 5.41 Å². The quantitative estimate of drug-likeness (QED) is 0.791. The van der Waals surface area contributed by atoms with E-state index in [4.69, 9.17) is 0 Å². The second-order valence-electron chi connectivity index (χ2n) is 9.38. The van der Waals surface area contributed by atoms with Crippen LogP contribution in [0.4, 0.5) is 0 Å². The zero-order chi connectivity index (χ0) is 15.5. The average molecular weight is 295 g/mol. The van der Waals surface area contributed by atoms with Crippen molar-refractivity contribution in [3.05, 3.63) is 0 Å². The maximum absolute atomic E-state index is 3.90. The maximum atomic E-state index is 3.90. The van der Waals surface area contributed by atoms with E-state index in [1.54, 1.807) is 0 Å². The highest BCUT2D eigenvalue weighted by Crippen LogP contribution is 2.31. The molecule has 0 aromatic carbocycles. The molecule has 2 unspecified atom stereocenters. The van der Waals surface area contributed by atoms with Gasteiger partial charge in [-0.1, -0.05) is 41.0 Å². The van der Waals surface area contributed by atoms with Gasteiger partial charge in [0.2, 0.25) is 0 Å². The molecule has 21 heavy (non-hydrogen) atoms. The molecule has 1 aliphatic heterocycles. The van der Waals surface area contributed by atoms with Gasteiger partial charge in [-0.3, -0.25) is 0 Å². The second-order valence-corrected chi connectivity index (χ2v) is 9.38. The molecule has 0 bridgehead atoms. The summed E-state index contributed by atoms with van der Waals surface area (Å²) in [6.07, 6.45) is 7.13. The molecule has 1 aliphatic carbocycles. The summed E-state index contributed by atoms with van der Waals surface area (Å²) >= 11 is 0. The molecular formula is C19H38N2. The minimum absolute atomic E-state index is 0.462. The molecule has 0 aromatic heterocycles. The fourth-order valence-electron chi connectivity index (χ4n) is 4.16. The van der Waals surface area contributed by atoms with Crippen LogP contribution in [0.2, 0.25) is 0 Å². The monoisotopic (exact) mass is 294 g/mol. The normalized spacial score (nSPS) is 28.9. The van der Waals surface area contributed by atoms with E-state index < -0.39 is 0 Å². The first-order valence-electron chi connectivity index (χ1n) is 9.27. The predicted molar refractivity (Wildman–Crippen MR) is 92.6 cm³/mol. The van der Waals surface area contributed by atoms with Crippen molar-refractivity contribution in [1.29, 1.82) is 0 Å². The van der Waals surface area contributed by atoms with Gasteiger partial charge in [0.05, 0.1) is 0 Å². The van der Waals surface area contributed by atoms with Crippen LogP contribution in [-0.4, -0.2) is 37.1 Å². The standard InChI is InChI=1S/C19H38N2/c1-15(2)12-21-13-17(10-19(3,4)5)9-18(14-21)20-11-16-7-6-8-16/h15-18,20H,6-14H2,1-5H3. The highest BCUT2D eigenvalue weighted by Gasteiger charge is 2.30. The Morgan fingerprint density at radius 3 is 2.33 bits per heavy atom. The summed E-state index contributed by atoms with van der Waals surface area (Å²) in [5, 5.41) is 3.90. The maximum Gasteiger partial charge on any atom is 0.0198 e. The van der Waals surface area contributed by atoms with Crippen molar-refractivity contribution in [1.82, 2.24) is 10.2 Å². The third-order valence-electron chi connectivity index (χ3n) is 5.06. The number of nitrogens with one attached hydrogen (secondary N) is 1. The van der Waals surface area contributed by atoms with E-state index >= 15 is 0 Å². The van der Waals surface area contributed by atoms with E-state index in [2.05, 4.69) is 44.8 Å². The van der Waals surface area contributed by atoms with Crippen molar-refractivity contribution in [3.8, 4) is 0 Å². The third-order valence-corrected chi connectivity index (χ3v) is 5.06. The molecule has 124 valence electrons. The largest absolute Gasteiger partial charge is 0.312 e. The molecule has 1 saturated heterocycles. The summed E-state index contributed by atoms with van der Waals surface area (Å²) in [6, 6.07) is 0.727. The highest BCUT2D eigenvalue weighted by atomic mass is 15.2. The van der Waals surface area contributed by atoms with Gasteiger partial charge >= 0.3 is 0 Å². The van der Waals surface area contributed by atoms with Crippen LogP contribution >= 0.6 is 0 Å². The van der Waals surface area contributed by atoms with E-state index in [9.17, 15) is 0 Å². The number of nitrogens with zero attached hydrogens (tertiary/aromatic N) is 1. The Bertz CT molecular complexity index is 301. The molecule has 0 amide bonds. The third kappa shape index (κ3) is 6.28. The Morgan fingerprint density at radius 2 is 1.81 bits per heavy atom. The van der Waals surface area contributed by atoms with Crippen LogP contribution in [0.1, 0.15) is 66.7 Å². The summed E-state index contributed by atoms with van der Waals surface area (Å²) in [6.45, 7) is 17.0. The van der Waals surface area contributed by atoms with Gasteiger partial charge in [-0.05, 0) is 55.4 Å². The van der Waals surface area contributed by atoms with Crippen LogP contribution < -0.4 is 5.32 Å². The highest BCUT2D eigenvalue weighted by molar-refractivity contribution is 4.87. The molecular weight excluding hydrogens is 256 g/mol. The van der Waals surface area contributed by atoms with Crippen LogP contribution in [0.5, 0.6) is 0 Å². The van der Waals surface area contributed by atoms with E-state index in [-0.39, 0.29) is 0 Å². The molecule has 1 heterocycles. The molecule has 2 aliphatic rings. The van der Waals surface area contributed by atoms with Gasteiger partial charge in [0, 0.05) is 25.7 Å². The average Bonchev–Trinajstić information content (AvgIpc) is 2.22.